The second kappa shape index (κ2) is 5.38. The molecule has 2 aromatic rings. The van der Waals surface area contributed by atoms with Crippen LogP contribution in [-0.4, -0.2) is 53.7 Å². The van der Waals surface area contributed by atoms with Gasteiger partial charge >= 0.3 is 0 Å². The van der Waals surface area contributed by atoms with E-state index in [0.717, 1.165) is 42.8 Å². The van der Waals surface area contributed by atoms with E-state index >= 15 is 0 Å². The van der Waals surface area contributed by atoms with Crippen molar-refractivity contribution in [2.75, 3.05) is 38.0 Å². The van der Waals surface area contributed by atoms with Crippen LogP contribution in [0.4, 0.5) is 5.69 Å². The van der Waals surface area contributed by atoms with Gasteiger partial charge in [-0.15, -0.1) is 0 Å². The van der Waals surface area contributed by atoms with Gasteiger partial charge < -0.3 is 10.6 Å². The van der Waals surface area contributed by atoms with Crippen molar-refractivity contribution in [1.29, 1.82) is 0 Å². The van der Waals surface area contributed by atoms with E-state index in [1.807, 2.05) is 18.2 Å². The van der Waals surface area contributed by atoms with Crippen molar-refractivity contribution in [3.63, 3.8) is 0 Å². The molecule has 3 N–H and O–H groups in total. The van der Waals surface area contributed by atoms with Gasteiger partial charge in [0.15, 0.2) is 0 Å². The third kappa shape index (κ3) is 2.91. The van der Waals surface area contributed by atoms with Crippen LogP contribution in [0.2, 0.25) is 0 Å². The summed E-state index contributed by atoms with van der Waals surface area (Å²) in [6.07, 6.45) is 1.77. The van der Waals surface area contributed by atoms with Crippen LogP contribution >= 0.6 is 0 Å². The minimum atomic E-state index is 0.0285. The lowest BCUT2D eigenvalue weighted by Crippen LogP contribution is -2.46. The quantitative estimate of drug-likeness (QED) is 0.746. The van der Waals surface area contributed by atoms with Gasteiger partial charge in [0.2, 0.25) is 5.91 Å². The number of benzene rings is 1. The standard InChI is InChI=1S/C13H17N5O/c19-13(9-18-5-3-14-4-6-18)16-11-2-1-10-8-15-17-12(10)7-11/h1-2,7-8,14H,3-6,9H2,(H,15,17)(H,16,19). The monoisotopic (exact) mass is 259 g/mol. The summed E-state index contributed by atoms with van der Waals surface area (Å²) in [5.41, 5.74) is 1.73. The predicted molar refractivity (Wildman–Crippen MR) is 74.0 cm³/mol. The lowest BCUT2D eigenvalue weighted by molar-refractivity contribution is -0.117. The molecule has 1 saturated heterocycles. The molecular weight excluding hydrogens is 242 g/mol. The highest BCUT2D eigenvalue weighted by Gasteiger charge is 2.13. The molecule has 6 nitrogen and oxygen atoms in total. The van der Waals surface area contributed by atoms with E-state index in [4.69, 9.17) is 0 Å². The van der Waals surface area contributed by atoms with E-state index in [1.54, 1.807) is 6.20 Å². The smallest absolute Gasteiger partial charge is 0.238 e. The van der Waals surface area contributed by atoms with Gasteiger partial charge in [0.05, 0.1) is 18.3 Å². The van der Waals surface area contributed by atoms with Crippen molar-refractivity contribution in [2.45, 2.75) is 0 Å². The molecule has 0 radical (unpaired) electrons. The zero-order valence-corrected chi connectivity index (χ0v) is 10.6. The number of rotatable bonds is 3. The van der Waals surface area contributed by atoms with Crippen LogP contribution in [0.25, 0.3) is 10.9 Å². The van der Waals surface area contributed by atoms with E-state index < -0.39 is 0 Å². The fourth-order valence-electron chi connectivity index (χ4n) is 2.29. The number of amides is 1. The molecule has 1 aromatic carbocycles. The number of H-pyrrole nitrogens is 1. The van der Waals surface area contributed by atoms with Gasteiger partial charge in [-0.25, -0.2) is 0 Å². The summed E-state index contributed by atoms with van der Waals surface area (Å²) >= 11 is 0. The molecule has 0 aliphatic carbocycles. The minimum Gasteiger partial charge on any atom is -0.325 e. The average molecular weight is 259 g/mol. The molecule has 2 heterocycles. The Morgan fingerprint density at radius 1 is 1.37 bits per heavy atom. The maximum absolute atomic E-state index is 12.0. The SMILES string of the molecule is O=C(CN1CCNCC1)Nc1ccc2cn[nH]c2c1. The molecule has 1 aromatic heterocycles. The number of nitrogens with one attached hydrogen (secondary N) is 3. The van der Waals surface area contributed by atoms with Crippen molar-refractivity contribution < 1.29 is 4.79 Å². The summed E-state index contributed by atoms with van der Waals surface area (Å²) in [5, 5.41) is 14.1. The number of piperazine rings is 1. The first-order valence-electron chi connectivity index (χ1n) is 6.47. The van der Waals surface area contributed by atoms with Crippen molar-refractivity contribution in [2.24, 2.45) is 0 Å². The number of carbonyl (C=O) groups is 1. The van der Waals surface area contributed by atoms with Crippen molar-refractivity contribution in [3.05, 3.63) is 24.4 Å². The van der Waals surface area contributed by atoms with Crippen LogP contribution in [0.3, 0.4) is 0 Å². The molecule has 1 amide bonds. The van der Waals surface area contributed by atoms with E-state index in [9.17, 15) is 4.79 Å². The van der Waals surface area contributed by atoms with Crippen LogP contribution in [0.5, 0.6) is 0 Å². The molecule has 1 fully saturated rings. The average Bonchev–Trinajstić information content (AvgIpc) is 2.87. The number of hydrogen-bond acceptors (Lipinski definition) is 4. The first kappa shape index (κ1) is 12.1. The molecule has 0 saturated carbocycles. The predicted octanol–water partition coefficient (Wildman–Crippen LogP) is 0.407. The van der Waals surface area contributed by atoms with Gasteiger partial charge in [0.25, 0.3) is 0 Å². The number of aromatic nitrogens is 2. The zero-order chi connectivity index (χ0) is 13.1. The number of aromatic amines is 1. The summed E-state index contributed by atoms with van der Waals surface area (Å²) < 4.78 is 0. The van der Waals surface area contributed by atoms with Gasteiger partial charge in [-0.3, -0.25) is 14.8 Å². The third-order valence-electron chi connectivity index (χ3n) is 3.30. The molecule has 0 atom stereocenters. The van der Waals surface area contributed by atoms with Gasteiger partial charge in [0.1, 0.15) is 0 Å². The van der Waals surface area contributed by atoms with Crippen LogP contribution in [0.15, 0.2) is 24.4 Å². The number of carbonyl (C=O) groups excluding carboxylic acids is 1. The summed E-state index contributed by atoms with van der Waals surface area (Å²) in [6.45, 7) is 4.20. The number of anilines is 1. The number of hydrogen-bond donors (Lipinski definition) is 3. The zero-order valence-electron chi connectivity index (χ0n) is 10.6. The molecule has 0 spiro atoms. The molecular formula is C13H17N5O. The Morgan fingerprint density at radius 2 is 2.21 bits per heavy atom. The Balaban J connectivity index is 1.61. The van der Waals surface area contributed by atoms with Gasteiger partial charge in [-0.1, -0.05) is 0 Å². The maximum Gasteiger partial charge on any atom is 0.238 e. The van der Waals surface area contributed by atoms with Crippen molar-refractivity contribution >= 4 is 22.5 Å². The van der Waals surface area contributed by atoms with E-state index in [0.29, 0.717) is 6.54 Å². The van der Waals surface area contributed by atoms with E-state index in [1.165, 1.54) is 0 Å². The van der Waals surface area contributed by atoms with Gasteiger partial charge in [0, 0.05) is 37.3 Å². The fraction of sp³-hybridized carbons (Fsp3) is 0.385. The summed E-state index contributed by atoms with van der Waals surface area (Å²) in [4.78, 5) is 14.1. The highest BCUT2D eigenvalue weighted by molar-refractivity contribution is 5.94. The largest absolute Gasteiger partial charge is 0.325 e. The lowest BCUT2D eigenvalue weighted by Gasteiger charge is -2.26. The maximum atomic E-state index is 12.0. The molecule has 1 aliphatic rings. The highest BCUT2D eigenvalue weighted by Crippen LogP contribution is 2.16. The lowest BCUT2D eigenvalue weighted by atomic mass is 10.2. The first-order chi connectivity index (χ1) is 9.31. The number of fused-ring (bicyclic) bond motifs is 1. The summed E-state index contributed by atoms with van der Waals surface area (Å²) in [7, 11) is 0. The fourth-order valence-corrected chi connectivity index (χ4v) is 2.29. The van der Waals surface area contributed by atoms with Crippen LogP contribution < -0.4 is 10.6 Å². The molecule has 19 heavy (non-hydrogen) atoms. The molecule has 3 rings (SSSR count). The Morgan fingerprint density at radius 3 is 3.05 bits per heavy atom. The molecule has 6 heteroatoms. The molecule has 1 aliphatic heterocycles. The Kier molecular flexibility index (Phi) is 3.43. The van der Waals surface area contributed by atoms with Crippen molar-refractivity contribution in [3.8, 4) is 0 Å². The number of nitrogens with zero attached hydrogens (tertiary/aromatic N) is 2. The van der Waals surface area contributed by atoms with Crippen molar-refractivity contribution in [1.82, 2.24) is 20.4 Å². The topological polar surface area (TPSA) is 73.1 Å². The Bertz CT molecular complexity index is 573. The highest BCUT2D eigenvalue weighted by atomic mass is 16.2. The second-order valence-corrected chi connectivity index (χ2v) is 4.75. The summed E-state index contributed by atoms with van der Waals surface area (Å²) in [6, 6.07) is 5.74. The first-order valence-corrected chi connectivity index (χ1v) is 6.47. The van der Waals surface area contributed by atoms with Crippen LogP contribution in [0.1, 0.15) is 0 Å². The Hall–Kier alpha value is -1.92. The summed E-state index contributed by atoms with van der Waals surface area (Å²) in [5.74, 6) is 0.0285. The third-order valence-corrected chi connectivity index (χ3v) is 3.30. The van der Waals surface area contributed by atoms with E-state index in [2.05, 4.69) is 25.7 Å². The van der Waals surface area contributed by atoms with Gasteiger partial charge in [-0.2, -0.15) is 5.10 Å². The van der Waals surface area contributed by atoms with Gasteiger partial charge in [-0.05, 0) is 18.2 Å². The van der Waals surface area contributed by atoms with E-state index in [-0.39, 0.29) is 5.91 Å². The minimum absolute atomic E-state index is 0.0285. The molecule has 100 valence electrons. The van der Waals surface area contributed by atoms with Crippen LogP contribution in [0, 0.1) is 0 Å². The second-order valence-electron chi connectivity index (χ2n) is 4.75. The molecule has 0 bridgehead atoms. The molecule has 0 unspecified atom stereocenters. The Labute approximate surface area is 111 Å². The normalized spacial score (nSPS) is 16.6. The van der Waals surface area contributed by atoms with Crippen LogP contribution in [-0.2, 0) is 4.79 Å².